The first-order valence-electron chi connectivity index (χ1n) is 10.1. The van der Waals surface area contributed by atoms with Gasteiger partial charge in [0.15, 0.2) is 0 Å². The quantitative estimate of drug-likeness (QED) is 0.232. The zero-order valence-electron chi connectivity index (χ0n) is 16.1. The minimum Gasteiger partial charge on any atom is -0.459 e. The Morgan fingerprint density at radius 3 is 2.08 bits per heavy atom. The van der Waals surface area contributed by atoms with E-state index in [-0.39, 0.29) is 12.1 Å². The molecule has 0 fully saturated rings. The largest absolute Gasteiger partial charge is 0.459 e. The molecule has 1 aromatic carbocycles. The lowest BCUT2D eigenvalue weighted by atomic mass is 10.0. The van der Waals surface area contributed by atoms with Gasteiger partial charge in [-0.25, -0.2) is 4.79 Å². The molecule has 0 radical (unpaired) electrons. The molecule has 0 N–H and O–H groups in total. The molecule has 142 valence electrons. The summed E-state index contributed by atoms with van der Waals surface area (Å²) in [6.07, 6.45) is 14.9. The Morgan fingerprint density at radius 2 is 1.48 bits per heavy atom. The number of carbonyl (C=O) groups excluding carboxylic acids is 1. The summed E-state index contributed by atoms with van der Waals surface area (Å²) in [7, 11) is 0. The van der Waals surface area contributed by atoms with E-state index in [1.54, 1.807) is 0 Å². The molecule has 2 nitrogen and oxygen atoms in total. The van der Waals surface area contributed by atoms with Gasteiger partial charge < -0.3 is 4.74 Å². The van der Waals surface area contributed by atoms with Crippen LogP contribution in [-0.4, -0.2) is 12.1 Å². The molecule has 25 heavy (non-hydrogen) atoms. The maximum absolute atomic E-state index is 12.4. The molecule has 0 aromatic heterocycles. The minimum atomic E-state index is -0.207. The van der Waals surface area contributed by atoms with Crippen LogP contribution in [-0.2, 0) is 4.74 Å². The van der Waals surface area contributed by atoms with Crippen molar-refractivity contribution in [3.05, 3.63) is 34.3 Å². The molecular formula is C22H35BrO2. The number of esters is 1. The highest BCUT2D eigenvalue weighted by atomic mass is 79.9. The fourth-order valence-electron chi connectivity index (χ4n) is 3.11. The van der Waals surface area contributed by atoms with Crippen molar-refractivity contribution in [2.45, 2.75) is 97.0 Å². The van der Waals surface area contributed by atoms with Crippen LogP contribution in [0.4, 0.5) is 0 Å². The SMILES string of the molecule is CCCCCCCCCCCC(CCC)OC(=O)c1ccccc1Br. The Morgan fingerprint density at radius 1 is 0.880 bits per heavy atom. The molecule has 1 rings (SSSR count). The third kappa shape index (κ3) is 10.0. The van der Waals surface area contributed by atoms with E-state index in [9.17, 15) is 4.79 Å². The first kappa shape index (κ1) is 22.2. The molecule has 1 atom stereocenters. The second-order valence-electron chi connectivity index (χ2n) is 6.91. The molecule has 0 heterocycles. The third-order valence-electron chi connectivity index (χ3n) is 4.61. The summed E-state index contributed by atoms with van der Waals surface area (Å²) >= 11 is 3.43. The second kappa shape index (κ2) is 14.4. The summed E-state index contributed by atoms with van der Waals surface area (Å²) in [5.74, 6) is -0.207. The Balaban J connectivity index is 2.23. The summed E-state index contributed by atoms with van der Waals surface area (Å²) in [6, 6.07) is 7.48. The van der Waals surface area contributed by atoms with Crippen molar-refractivity contribution in [2.24, 2.45) is 0 Å². The highest BCUT2D eigenvalue weighted by Crippen LogP contribution is 2.20. The van der Waals surface area contributed by atoms with Gasteiger partial charge in [0, 0.05) is 4.47 Å². The minimum absolute atomic E-state index is 0.0501. The van der Waals surface area contributed by atoms with Gasteiger partial charge in [-0.2, -0.15) is 0 Å². The number of rotatable bonds is 14. The summed E-state index contributed by atoms with van der Waals surface area (Å²) in [5.41, 5.74) is 0.621. The third-order valence-corrected chi connectivity index (χ3v) is 5.30. The summed E-state index contributed by atoms with van der Waals surface area (Å²) in [6.45, 7) is 4.41. The average Bonchev–Trinajstić information content (AvgIpc) is 2.60. The van der Waals surface area contributed by atoms with E-state index in [4.69, 9.17) is 4.74 Å². The number of unbranched alkanes of at least 4 members (excludes halogenated alkanes) is 8. The summed E-state index contributed by atoms with van der Waals surface area (Å²) in [5, 5.41) is 0. The first-order chi connectivity index (χ1) is 12.2. The number of hydrogen-bond donors (Lipinski definition) is 0. The van der Waals surface area contributed by atoms with Crippen molar-refractivity contribution < 1.29 is 9.53 Å². The van der Waals surface area contributed by atoms with Crippen molar-refractivity contribution >= 4 is 21.9 Å². The van der Waals surface area contributed by atoms with Crippen LogP contribution < -0.4 is 0 Å². The molecule has 0 amide bonds. The number of carbonyl (C=O) groups is 1. The summed E-state index contributed by atoms with van der Waals surface area (Å²) < 4.78 is 6.56. The molecule has 0 aliphatic carbocycles. The van der Waals surface area contributed by atoms with Crippen LogP contribution in [0, 0.1) is 0 Å². The van der Waals surface area contributed by atoms with Crippen molar-refractivity contribution in [3.63, 3.8) is 0 Å². The lowest BCUT2D eigenvalue weighted by molar-refractivity contribution is 0.0252. The van der Waals surface area contributed by atoms with Crippen molar-refractivity contribution in [1.82, 2.24) is 0 Å². The standard InChI is InChI=1S/C22H35BrO2/c1-3-5-6-7-8-9-10-11-12-16-19(15-4-2)25-22(24)20-17-13-14-18-21(20)23/h13-14,17-19H,3-12,15-16H2,1-2H3. The van der Waals surface area contributed by atoms with Gasteiger partial charge in [0.1, 0.15) is 6.10 Å². The number of ether oxygens (including phenoxy) is 1. The van der Waals surface area contributed by atoms with Crippen molar-refractivity contribution in [2.75, 3.05) is 0 Å². The van der Waals surface area contributed by atoms with Gasteiger partial charge in [-0.15, -0.1) is 0 Å². The maximum atomic E-state index is 12.4. The van der Waals surface area contributed by atoms with Crippen LogP contribution in [0.1, 0.15) is 101 Å². The van der Waals surface area contributed by atoms with Crippen LogP contribution in [0.2, 0.25) is 0 Å². The van der Waals surface area contributed by atoms with Crippen LogP contribution in [0.5, 0.6) is 0 Å². The molecule has 0 aliphatic heterocycles. The van der Waals surface area contributed by atoms with Gasteiger partial charge in [0.2, 0.25) is 0 Å². The van der Waals surface area contributed by atoms with Crippen LogP contribution in [0.25, 0.3) is 0 Å². The van der Waals surface area contributed by atoms with Crippen LogP contribution in [0.15, 0.2) is 28.7 Å². The number of benzene rings is 1. The highest BCUT2D eigenvalue weighted by Gasteiger charge is 2.17. The van der Waals surface area contributed by atoms with Gasteiger partial charge >= 0.3 is 5.97 Å². The van der Waals surface area contributed by atoms with E-state index in [0.29, 0.717) is 5.56 Å². The number of hydrogen-bond acceptors (Lipinski definition) is 2. The van der Waals surface area contributed by atoms with Gasteiger partial charge in [0.05, 0.1) is 5.56 Å². The lowest BCUT2D eigenvalue weighted by Gasteiger charge is -2.17. The normalized spacial score (nSPS) is 12.1. The maximum Gasteiger partial charge on any atom is 0.339 e. The van der Waals surface area contributed by atoms with E-state index in [1.165, 1.54) is 51.4 Å². The molecule has 3 heteroatoms. The smallest absolute Gasteiger partial charge is 0.339 e. The van der Waals surface area contributed by atoms with Gasteiger partial charge in [-0.05, 0) is 47.3 Å². The van der Waals surface area contributed by atoms with Gasteiger partial charge in [-0.1, -0.05) is 83.8 Å². The van der Waals surface area contributed by atoms with E-state index in [2.05, 4.69) is 29.8 Å². The zero-order valence-corrected chi connectivity index (χ0v) is 17.7. The van der Waals surface area contributed by atoms with Crippen LogP contribution in [0.3, 0.4) is 0 Å². The van der Waals surface area contributed by atoms with E-state index >= 15 is 0 Å². The predicted octanol–water partition coefficient (Wildman–Crippen LogP) is 7.70. The topological polar surface area (TPSA) is 26.3 Å². The molecule has 0 aliphatic rings. The van der Waals surface area contributed by atoms with Crippen molar-refractivity contribution in [1.29, 1.82) is 0 Å². The molecular weight excluding hydrogens is 376 g/mol. The Labute approximate surface area is 162 Å². The predicted molar refractivity (Wildman–Crippen MR) is 110 cm³/mol. The van der Waals surface area contributed by atoms with Gasteiger partial charge in [-0.3, -0.25) is 0 Å². The Hall–Kier alpha value is -0.830. The first-order valence-corrected chi connectivity index (χ1v) is 10.9. The van der Waals surface area contributed by atoms with E-state index in [1.807, 2.05) is 24.3 Å². The van der Waals surface area contributed by atoms with Crippen molar-refractivity contribution in [3.8, 4) is 0 Å². The fraction of sp³-hybridized carbons (Fsp3) is 0.682. The van der Waals surface area contributed by atoms with E-state index in [0.717, 1.165) is 30.2 Å². The molecule has 1 unspecified atom stereocenters. The second-order valence-corrected chi connectivity index (χ2v) is 7.77. The fourth-order valence-corrected chi connectivity index (χ4v) is 3.56. The molecule has 1 aromatic rings. The molecule has 0 spiro atoms. The zero-order chi connectivity index (χ0) is 18.3. The number of halogens is 1. The monoisotopic (exact) mass is 410 g/mol. The van der Waals surface area contributed by atoms with E-state index < -0.39 is 0 Å². The molecule has 0 saturated carbocycles. The molecule has 0 saturated heterocycles. The molecule has 0 bridgehead atoms. The lowest BCUT2D eigenvalue weighted by Crippen LogP contribution is -2.18. The Kier molecular flexibility index (Phi) is 12.8. The highest BCUT2D eigenvalue weighted by molar-refractivity contribution is 9.10. The Bertz CT molecular complexity index is 473. The summed E-state index contributed by atoms with van der Waals surface area (Å²) in [4.78, 5) is 12.4. The average molecular weight is 411 g/mol. The van der Waals surface area contributed by atoms with Gasteiger partial charge in [0.25, 0.3) is 0 Å². The van der Waals surface area contributed by atoms with Crippen LogP contribution >= 0.6 is 15.9 Å².